The number of carboxylic acid groups (broad SMARTS) is 1. The van der Waals surface area contributed by atoms with E-state index < -0.39 is 42.8 Å². The monoisotopic (exact) mass is 433 g/mol. The van der Waals surface area contributed by atoms with Gasteiger partial charge in [-0.1, -0.05) is 6.92 Å². The van der Waals surface area contributed by atoms with E-state index in [1.54, 1.807) is 6.92 Å². The zero-order valence-corrected chi connectivity index (χ0v) is 17.9. The molecule has 0 aliphatic carbocycles. The molecule has 1 unspecified atom stereocenters. The quantitative estimate of drug-likeness (QED) is 0.0605. The predicted molar refractivity (Wildman–Crippen MR) is 109 cm³/mol. The van der Waals surface area contributed by atoms with Crippen molar-refractivity contribution in [2.75, 3.05) is 26.5 Å². The Labute approximate surface area is 176 Å². The second-order valence-electron chi connectivity index (χ2n) is 8.04. The van der Waals surface area contributed by atoms with Crippen molar-refractivity contribution in [2.24, 2.45) is 22.4 Å². The standard InChI is InChI=1S/C18H35N5O7/c1-10-11(23-17(19)20)7-13(16(26)27)30-14(10)15(12(25)8-24)28-9-29-22-6-5-21-18(2,3)4/h7,10-12,14-15,21-22,24-25H,5-6,8-9H2,1-4H3,(H,26,27)(H4,19,20,23)/t10-,11+,12-,14?,15-/m1/s1. The highest BCUT2D eigenvalue weighted by Gasteiger charge is 2.42. The second-order valence-corrected chi connectivity index (χ2v) is 8.04. The first-order valence-corrected chi connectivity index (χ1v) is 9.67. The van der Waals surface area contributed by atoms with E-state index in [9.17, 15) is 20.1 Å². The number of aliphatic hydroxyl groups is 2. The maximum atomic E-state index is 11.4. The highest BCUT2D eigenvalue weighted by atomic mass is 16.8. The molecule has 0 bridgehead atoms. The van der Waals surface area contributed by atoms with Crippen LogP contribution in [0.25, 0.3) is 0 Å². The number of aliphatic carboxylic acids is 1. The van der Waals surface area contributed by atoms with Gasteiger partial charge in [0.2, 0.25) is 5.76 Å². The van der Waals surface area contributed by atoms with Crippen LogP contribution in [0.4, 0.5) is 0 Å². The zero-order chi connectivity index (χ0) is 22.9. The summed E-state index contributed by atoms with van der Waals surface area (Å²) in [6.45, 7) is 8.09. The minimum Gasteiger partial charge on any atom is -0.480 e. The van der Waals surface area contributed by atoms with Crippen molar-refractivity contribution in [1.29, 1.82) is 0 Å². The summed E-state index contributed by atoms with van der Waals surface area (Å²) in [6.07, 6.45) is -2.12. The summed E-state index contributed by atoms with van der Waals surface area (Å²) in [6, 6.07) is -0.709. The SMILES string of the molecule is C[C@H]1C([C@H](OCONCCNC(C)(C)C)[C@H](O)CO)OC(C(=O)O)=C[C@@H]1N=C(N)N. The van der Waals surface area contributed by atoms with E-state index in [0.717, 1.165) is 0 Å². The van der Waals surface area contributed by atoms with E-state index in [0.29, 0.717) is 13.1 Å². The molecule has 1 aliphatic rings. The van der Waals surface area contributed by atoms with Crippen LogP contribution >= 0.6 is 0 Å². The molecule has 0 saturated heterocycles. The van der Waals surface area contributed by atoms with Crippen molar-refractivity contribution in [3.05, 3.63) is 11.8 Å². The second kappa shape index (κ2) is 12.0. The molecule has 0 aromatic carbocycles. The highest BCUT2D eigenvalue weighted by Crippen LogP contribution is 2.30. The van der Waals surface area contributed by atoms with E-state index in [1.165, 1.54) is 6.08 Å². The molecule has 0 amide bonds. The Hall–Kier alpha value is -1.96. The molecular weight excluding hydrogens is 398 g/mol. The molecule has 0 aromatic rings. The van der Waals surface area contributed by atoms with Gasteiger partial charge < -0.3 is 41.6 Å². The van der Waals surface area contributed by atoms with Crippen molar-refractivity contribution >= 4 is 11.9 Å². The number of aliphatic imine (C=N–C) groups is 1. The topological polar surface area (TPSA) is 194 Å². The first kappa shape index (κ1) is 26.1. The number of carboxylic acids is 1. The van der Waals surface area contributed by atoms with Gasteiger partial charge >= 0.3 is 5.97 Å². The predicted octanol–water partition coefficient (Wildman–Crippen LogP) is -1.76. The summed E-state index contributed by atoms with van der Waals surface area (Å²) in [5, 5.41) is 32.2. The lowest BCUT2D eigenvalue weighted by Gasteiger charge is -2.38. The van der Waals surface area contributed by atoms with E-state index in [-0.39, 0.29) is 24.1 Å². The van der Waals surface area contributed by atoms with E-state index in [4.69, 9.17) is 25.8 Å². The first-order chi connectivity index (χ1) is 14.0. The molecule has 9 N–H and O–H groups in total. The molecule has 1 rings (SSSR count). The fraction of sp³-hybridized carbons (Fsp3) is 0.778. The van der Waals surface area contributed by atoms with E-state index in [2.05, 4.69) is 15.8 Å². The fourth-order valence-electron chi connectivity index (χ4n) is 2.85. The number of hydrogen-bond acceptors (Lipinski definition) is 9. The lowest BCUT2D eigenvalue weighted by molar-refractivity contribution is -0.198. The number of rotatable bonds is 12. The van der Waals surface area contributed by atoms with E-state index >= 15 is 0 Å². The van der Waals surface area contributed by atoms with Gasteiger partial charge in [-0.2, -0.15) is 5.48 Å². The molecule has 174 valence electrons. The van der Waals surface area contributed by atoms with Crippen LogP contribution in [0.3, 0.4) is 0 Å². The summed E-state index contributed by atoms with van der Waals surface area (Å²) in [4.78, 5) is 20.7. The molecule has 5 atom stereocenters. The molecule has 0 spiro atoms. The minimum absolute atomic E-state index is 0.0235. The Morgan fingerprint density at radius 3 is 2.57 bits per heavy atom. The largest absolute Gasteiger partial charge is 0.480 e. The van der Waals surface area contributed by atoms with Gasteiger partial charge in [0.1, 0.15) is 18.3 Å². The lowest BCUT2D eigenvalue weighted by atomic mass is 9.87. The van der Waals surface area contributed by atoms with Crippen molar-refractivity contribution in [3.63, 3.8) is 0 Å². The number of hydroxylamine groups is 1. The Kier molecular flexibility index (Phi) is 10.5. The van der Waals surface area contributed by atoms with Crippen LogP contribution in [0, 0.1) is 5.92 Å². The van der Waals surface area contributed by atoms with Gasteiger partial charge in [-0.25, -0.2) is 9.79 Å². The van der Waals surface area contributed by atoms with Crippen molar-refractivity contribution in [1.82, 2.24) is 10.8 Å². The normalized spacial score (nSPS) is 23.8. The lowest BCUT2D eigenvalue weighted by Crippen LogP contribution is -2.51. The highest BCUT2D eigenvalue weighted by molar-refractivity contribution is 5.85. The van der Waals surface area contributed by atoms with Gasteiger partial charge in [-0.3, -0.25) is 4.84 Å². The molecule has 30 heavy (non-hydrogen) atoms. The van der Waals surface area contributed by atoms with Crippen LogP contribution < -0.4 is 22.3 Å². The zero-order valence-electron chi connectivity index (χ0n) is 17.9. The number of nitrogens with zero attached hydrogens (tertiary/aromatic N) is 1. The molecule has 0 radical (unpaired) electrons. The molecular formula is C18H35N5O7. The summed E-state index contributed by atoms with van der Waals surface area (Å²) in [7, 11) is 0. The van der Waals surface area contributed by atoms with Gasteiger partial charge in [0.25, 0.3) is 0 Å². The van der Waals surface area contributed by atoms with E-state index in [1.807, 2.05) is 20.8 Å². The number of nitrogens with one attached hydrogen (secondary N) is 2. The Morgan fingerprint density at radius 1 is 1.37 bits per heavy atom. The van der Waals surface area contributed by atoms with Crippen LogP contribution in [-0.2, 0) is 19.1 Å². The van der Waals surface area contributed by atoms with Crippen LogP contribution in [0.1, 0.15) is 27.7 Å². The third-order valence-corrected chi connectivity index (χ3v) is 4.34. The average Bonchev–Trinajstić information content (AvgIpc) is 2.64. The van der Waals surface area contributed by atoms with Gasteiger partial charge in [-0.05, 0) is 26.8 Å². The third-order valence-electron chi connectivity index (χ3n) is 4.34. The summed E-state index contributed by atoms with van der Waals surface area (Å²) in [5.74, 6) is -2.38. The van der Waals surface area contributed by atoms with Crippen LogP contribution in [0.2, 0.25) is 0 Å². The summed E-state index contributed by atoms with van der Waals surface area (Å²) < 4.78 is 11.1. The minimum atomic E-state index is -1.35. The van der Waals surface area contributed by atoms with Gasteiger partial charge in [0.15, 0.2) is 12.8 Å². The molecule has 12 heteroatoms. The molecule has 1 heterocycles. The third kappa shape index (κ3) is 8.81. The smallest absolute Gasteiger partial charge is 0.370 e. The molecule has 1 aliphatic heterocycles. The Morgan fingerprint density at radius 2 is 2.03 bits per heavy atom. The molecule has 0 saturated carbocycles. The molecule has 12 nitrogen and oxygen atoms in total. The van der Waals surface area contributed by atoms with Crippen molar-refractivity contribution in [3.8, 4) is 0 Å². The maximum absolute atomic E-state index is 11.4. The van der Waals surface area contributed by atoms with Crippen molar-refractivity contribution in [2.45, 2.75) is 57.6 Å². The first-order valence-electron chi connectivity index (χ1n) is 9.67. The number of carbonyl (C=O) groups is 1. The number of hydrogen-bond donors (Lipinski definition) is 7. The summed E-state index contributed by atoms with van der Waals surface area (Å²) in [5.41, 5.74) is 13.6. The van der Waals surface area contributed by atoms with Crippen LogP contribution in [0.15, 0.2) is 16.8 Å². The number of aliphatic hydroxyl groups excluding tert-OH is 2. The van der Waals surface area contributed by atoms with Gasteiger partial charge in [-0.15, -0.1) is 0 Å². The van der Waals surface area contributed by atoms with Gasteiger partial charge in [0, 0.05) is 24.5 Å². The number of guanidine groups is 1. The molecule has 0 aromatic heterocycles. The summed E-state index contributed by atoms with van der Waals surface area (Å²) >= 11 is 0. The van der Waals surface area contributed by atoms with Crippen molar-refractivity contribution < 1.29 is 34.4 Å². The van der Waals surface area contributed by atoms with Gasteiger partial charge in [0.05, 0.1) is 12.6 Å². The Balaban J connectivity index is 2.76. The maximum Gasteiger partial charge on any atom is 0.370 e. The average molecular weight is 434 g/mol. The fourth-order valence-corrected chi connectivity index (χ4v) is 2.85. The number of nitrogens with two attached hydrogens (primary N) is 2. The Bertz CT molecular complexity index is 604. The molecule has 0 fully saturated rings. The van der Waals surface area contributed by atoms with Crippen LogP contribution in [0.5, 0.6) is 0 Å². The van der Waals surface area contributed by atoms with Crippen LogP contribution in [-0.4, -0.2) is 83.6 Å². The number of ether oxygens (including phenoxy) is 2.